The Bertz CT molecular complexity index is 441. The standard InChI is InChI=1S/C14H18N2O3/c1-2-18-14(17)6-8-16-11-12-4-3-5-13(10-12)19-9-7-15/h3-5,10,16H,2,6,8-9,11H2,1H3. The van der Waals surface area contributed by atoms with Crippen molar-refractivity contribution in [2.24, 2.45) is 0 Å². The molecule has 5 nitrogen and oxygen atoms in total. The smallest absolute Gasteiger partial charge is 0.307 e. The Kier molecular flexibility index (Phi) is 7.06. The average Bonchev–Trinajstić information content (AvgIpc) is 2.42. The van der Waals surface area contributed by atoms with E-state index in [1.165, 1.54) is 0 Å². The number of nitriles is 1. The van der Waals surface area contributed by atoms with Crippen LogP contribution in [0.5, 0.6) is 5.75 Å². The van der Waals surface area contributed by atoms with Crippen LogP contribution in [0.15, 0.2) is 24.3 Å². The van der Waals surface area contributed by atoms with Crippen LogP contribution in [0.25, 0.3) is 0 Å². The molecule has 0 aliphatic rings. The molecule has 1 aromatic rings. The summed E-state index contributed by atoms with van der Waals surface area (Å²) < 4.78 is 10.0. The Morgan fingerprint density at radius 1 is 1.47 bits per heavy atom. The molecule has 0 heterocycles. The minimum atomic E-state index is -0.193. The van der Waals surface area contributed by atoms with Crippen LogP contribution in [0.3, 0.4) is 0 Å². The summed E-state index contributed by atoms with van der Waals surface area (Å²) in [7, 11) is 0. The minimum absolute atomic E-state index is 0.0414. The fourth-order valence-corrected chi connectivity index (χ4v) is 1.52. The molecule has 0 saturated heterocycles. The van der Waals surface area contributed by atoms with Gasteiger partial charge in [-0.3, -0.25) is 4.79 Å². The summed E-state index contributed by atoms with van der Waals surface area (Å²) in [5.41, 5.74) is 1.04. The highest BCUT2D eigenvalue weighted by molar-refractivity contribution is 5.69. The minimum Gasteiger partial charge on any atom is -0.479 e. The molecule has 0 radical (unpaired) electrons. The van der Waals surface area contributed by atoms with Gasteiger partial charge in [0, 0.05) is 13.1 Å². The molecular formula is C14H18N2O3. The number of benzene rings is 1. The quantitative estimate of drug-likeness (QED) is 0.569. The maximum atomic E-state index is 11.1. The van der Waals surface area contributed by atoms with Crippen molar-refractivity contribution < 1.29 is 14.3 Å². The van der Waals surface area contributed by atoms with Crippen LogP contribution in [0.4, 0.5) is 0 Å². The van der Waals surface area contributed by atoms with Crippen LogP contribution in [-0.4, -0.2) is 25.7 Å². The first-order chi connectivity index (χ1) is 9.26. The van der Waals surface area contributed by atoms with Crippen molar-refractivity contribution in [1.82, 2.24) is 5.32 Å². The van der Waals surface area contributed by atoms with E-state index in [1.807, 2.05) is 24.3 Å². The highest BCUT2D eigenvalue weighted by Gasteiger charge is 2.01. The summed E-state index contributed by atoms with van der Waals surface area (Å²) in [6.45, 7) is 3.46. The summed E-state index contributed by atoms with van der Waals surface area (Å²) in [6, 6.07) is 9.42. The molecule has 1 rings (SSSR count). The molecule has 0 fully saturated rings. The second-order valence-corrected chi connectivity index (χ2v) is 3.83. The second-order valence-electron chi connectivity index (χ2n) is 3.83. The number of carbonyl (C=O) groups is 1. The maximum Gasteiger partial charge on any atom is 0.307 e. The SMILES string of the molecule is CCOC(=O)CCNCc1cccc(OCC#N)c1. The topological polar surface area (TPSA) is 71.3 Å². The molecule has 102 valence electrons. The van der Waals surface area contributed by atoms with E-state index in [4.69, 9.17) is 14.7 Å². The molecule has 5 heteroatoms. The average molecular weight is 262 g/mol. The zero-order valence-electron chi connectivity index (χ0n) is 11.0. The summed E-state index contributed by atoms with van der Waals surface area (Å²) in [5, 5.41) is 11.6. The van der Waals surface area contributed by atoms with Crippen molar-refractivity contribution in [3.05, 3.63) is 29.8 Å². The zero-order valence-corrected chi connectivity index (χ0v) is 11.0. The number of esters is 1. The number of hydrogen-bond acceptors (Lipinski definition) is 5. The van der Waals surface area contributed by atoms with Gasteiger partial charge in [-0.25, -0.2) is 0 Å². The van der Waals surface area contributed by atoms with Crippen molar-refractivity contribution in [2.75, 3.05) is 19.8 Å². The Labute approximate surface area is 113 Å². The Hall–Kier alpha value is -2.06. The van der Waals surface area contributed by atoms with Gasteiger partial charge >= 0.3 is 5.97 Å². The van der Waals surface area contributed by atoms with E-state index < -0.39 is 0 Å². The van der Waals surface area contributed by atoms with Gasteiger partial charge in [0.15, 0.2) is 6.61 Å². The Morgan fingerprint density at radius 2 is 2.32 bits per heavy atom. The molecule has 0 spiro atoms. The molecule has 0 aliphatic heterocycles. The molecule has 0 amide bonds. The van der Waals surface area contributed by atoms with Crippen LogP contribution in [0, 0.1) is 11.3 Å². The highest BCUT2D eigenvalue weighted by Crippen LogP contribution is 2.12. The third-order valence-corrected chi connectivity index (χ3v) is 2.34. The largest absolute Gasteiger partial charge is 0.479 e. The van der Waals surface area contributed by atoms with E-state index in [1.54, 1.807) is 13.0 Å². The van der Waals surface area contributed by atoms with E-state index in [0.29, 0.717) is 31.9 Å². The first-order valence-corrected chi connectivity index (χ1v) is 6.21. The lowest BCUT2D eigenvalue weighted by Crippen LogP contribution is -2.19. The number of carbonyl (C=O) groups excluding carboxylic acids is 1. The van der Waals surface area contributed by atoms with Gasteiger partial charge in [-0.2, -0.15) is 5.26 Å². The normalized spacial score (nSPS) is 9.68. The van der Waals surface area contributed by atoms with Crippen LogP contribution in [0.2, 0.25) is 0 Å². The Morgan fingerprint density at radius 3 is 3.05 bits per heavy atom. The number of hydrogen-bond donors (Lipinski definition) is 1. The Balaban J connectivity index is 2.29. The van der Waals surface area contributed by atoms with Crippen LogP contribution in [0.1, 0.15) is 18.9 Å². The maximum absolute atomic E-state index is 11.1. The van der Waals surface area contributed by atoms with E-state index in [9.17, 15) is 4.79 Å². The molecule has 0 saturated carbocycles. The van der Waals surface area contributed by atoms with Gasteiger partial charge in [-0.1, -0.05) is 12.1 Å². The molecule has 0 aromatic heterocycles. The molecule has 0 unspecified atom stereocenters. The first kappa shape index (κ1) is 15.0. The van der Waals surface area contributed by atoms with Crippen LogP contribution >= 0.6 is 0 Å². The van der Waals surface area contributed by atoms with Gasteiger partial charge in [0.05, 0.1) is 13.0 Å². The third kappa shape index (κ3) is 6.43. The first-order valence-electron chi connectivity index (χ1n) is 6.21. The van der Waals surface area contributed by atoms with Gasteiger partial charge < -0.3 is 14.8 Å². The van der Waals surface area contributed by atoms with Gasteiger partial charge in [-0.05, 0) is 24.6 Å². The van der Waals surface area contributed by atoms with Crippen molar-refractivity contribution in [3.8, 4) is 11.8 Å². The number of rotatable bonds is 8. The van der Waals surface area contributed by atoms with Gasteiger partial charge in [-0.15, -0.1) is 0 Å². The predicted octanol–water partition coefficient (Wildman–Crippen LogP) is 1.63. The van der Waals surface area contributed by atoms with Crippen LogP contribution < -0.4 is 10.1 Å². The van der Waals surface area contributed by atoms with Crippen LogP contribution in [-0.2, 0) is 16.1 Å². The summed E-state index contributed by atoms with van der Waals surface area (Å²) in [6.07, 6.45) is 0.360. The lowest BCUT2D eigenvalue weighted by atomic mass is 10.2. The fraction of sp³-hybridized carbons (Fsp3) is 0.429. The van der Waals surface area contributed by atoms with E-state index >= 15 is 0 Å². The summed E-state index contributed by atoms with van der Waals surface area (Å²) in [4.78, 5) is 11.1. The molecular weight excluding hydrogens is 244 g/mol. The molecule has 1 aromatic carbocycles. The highest BCUT2D eigenvalue weighted by atomic mass is 16.5. The molecule has 0 atom stereocenters. The zero-order chi connectivity index (χ0) is 13.9. The fourth-order valence-electron chi connectivity index (χ4n) is 1.52. The number of ether oxygens (including phenoxy) is 2. The third-order valence-electron chi connectivity index (χ3n) is 2.34. The van der Waals surface area contributed by atoms with Gasteiger partial charge in [0.25, 0.3) is 0 Å². The monoisotopic (exact) mass is 262 g/mol. The molecule has 0 aliphatic carbocycles. The van der Waals surface area contributed by atoms with Gasteiger partial charge in [0.2, 0.25) is 0 Å². The lowest BCUT2D eigenvalue weighted by molar-refractivity contribution is -0.142. The van der Waals surface area contributed by atoms with Crippen molar-refractivity contribution >= 4 is 5.97 Å². The van der Waals surface area contributed by atoms with E-state index in [-0.39, 0.29) is 12.6 Å². The predicted molar refractivity (Wildman–Crippen MR) is 70.5 cm³/mol. The van der Waals surface area contributed by atoms with Crippen molar-refractivity contribution in [1.29, 1.82) is 5.26 Å². The summed E-state index contributed by atoms with van der Waals surface area (Å²) in [5.74, 6) is 0.479. The molecule has 1 N–H and O–H groups in total. The lowest BCUT2D eigenvalue weighted by Gasteiger charge is -2.07. The van der Waals surface area contributed by atoms with Crippen molar-refractivity contribution in [3.63, 3.8) is 0 Å². The molecule has 0 bridgehead atoms. The van der Waals surface area contributed by atoms with Crippen molar-refractivity contribution in [2.45, 2.75) is 19.9 Å². The van der Waals surface area contributed by atoms with Gasteiger partial charge in [0.1, 0.15) is 11.8 Å². The molecule has 19 heavy (non-hydrogen) atoms. The number of nitrogens with zero attached hydrogens (tertiary/aromatic N) is 1. The second kappa shape index (κ2) is 8.95. The number of nitrogens with one attached hydrogen (secondary N) is 1. The van der Waals surface area contributed by atoms with E-state index in [0.717, 1.165) is 5.56 Å². The van der Waals surface area contributed by atoms with E-state index in [2.05, 4.69) is 5.32 Å². The summed E-state index contributed by atoms with van der Waals surface area (Å²) >= 11 is 0.